The molecule has 0 aliphatic carbocycles. The summed E-state index contributed by atoms with van der Waals surface area (Å²) in [5, 5.41) is 9.21. The quantitative estimate of drug-likeness (QED) is 0.669. The summed E-state index contributed by atoms with van der Waals surface area (Å²) in [6, 6.07) is 4.38. The van der Waals surface area contributed by atoms with E-state index in [1.54, 1.807) is 0 Å². The summed E-state index contributed by atoms with van der Waals surface area (Å²) in [6.07, 6.45) is 1.04. The zero-order chi connectivity index (χ0) is 12.3. The van der Waals surface area contributed by atoms with Crippen LogP contribution in [0.15, 0.2) is 29.8 Å². The van der Waals surface area contributed by atoms with E-state index in [9.17, 15) is 9.59 Å². The van der Waals surface area contributed by atoms with Gasteiger partial charge in [-0.3, -0.25) is 4.79 Å². The summed E-state index contributed by atoms with van der Waals surface area (Å²) < 4.78 is 0. The number of benzene rings is 1. The van der Waals surface area contributed by atoms with Gasteiger partial charge in [-0.1, -0.05) is 23.2 Å². The van der Waals surface area contributed by atoms with Crippen LogP contribution in [0.4, 0.5) is 0 Å². The van der Waals surface area contributed by atoms with Crippen molar-refractivity contribution >= 4 is 35.0 Å². The van der Waals surface area contributed by atoms with Gasteiger partial charge in [0, 0.05) is 11.1 Å². The van der Waals surface area contributed by atoms with Crippen molar-refractivity contribution in [3.63, 3.8) is 0 Å². The normalized spacial score (nSPS) is 11.3. The van der Waals surface area contributed by atoms with E-state index in [1.807, 2.05) is 0 Å². The zero-order valence-electron chi connectivity index (χ0n) is 8.33. The van der Waals surface area contributed by atoms with Crippen molar-refractivity contribution in [1.29, 1.82) is 0 Å². The van der Waals surface area contributed by atoms with Crippen molar-refractivity contribution < 1.29 is 14.7 Å². The van der Waals surface area contributed by atoms with Crippen molar-refractivity contribution in [2.24, 2.45) is 0 Å². The number of hydrogen-bond donors (Lipinski definition) is 1. The third-order valence-electron chi connectivity index (χ3n) is 1.89. The van der Waals surface area contributed by atoms with E-state index in [-0.39, 0.29) is 10.6 Å². The molecule has 0 aliphatic rings. The molecule has 1 rings (SSSR count). The molecule has 0 saturated carbocycles. The Morgan fingerprint density at radius 3 is 2.38 bits per heavy atom. The van der Waals surface area contributed by atoms with Crippen molar-refractivity contribution in [2.45, 2.75) is 6.92 Å². The third kappa shape index (κ3) is 3.08. The second kappa shape index (κ2) is 5.14. The molecule has 84 valence electrons. The number of ketones is 1. The Morgan fingerprint density at radius 2 is 1.88 bits per heavy atom. The van der Waals surface area contributed by atoms with E-state index >= 15 is 0 Å². The predicted molar refractivity (Wildman–Crippen MR) is 62.2 cm³/mol. The first-order valence-corrected chi connectivity index (χ1v) is 5.08. The Balaban J connectivity index is 3.02. The molecule has 0 aromatic heterocycles. The van der Waals surface area contributed by atoms with Crippen LogP contribution in [-0.2, 0) is 4.79 Å². The molecule has 0 atom stereocenters. The molecule has 0 radical (unpaired) electrons. The number of carbonyl (C=O) groups excluding carboxylic acids is 1. The maximum atomic E-state index is 11.6. The van der Waals surface area contributed by atoms with Gasteiger partial charge in [-0.2, -0.15) is 0 Å². The average molecular weight is 259 g/mol. The lowest BCUT2D eigenvalue weighted by Crippen LogP contribution is -2.01. The number of carboxylic acid groups (broad SMARTS) is 1. The summed E-state index contributed by atoms with van der Waals surface area (Å²) in [7, 11) is 0. The van der Waals surface area contributed by atoms with E-state index in [0.29, 0.717) is 10.6 Å². The Hall–Kier alpha value is -1.32. The van der Waals surface area contributed by atoms with E-state index in [4.69, 9.17) is 28.3 Å². The molecule has 1 N–H and O–H groups in total. The highest BCUT2D eigenvalue weighted by atomic mass is 35.5. The fourth-order valence-electron chi connectivity index (χ4n) is 0.991. The highest BCUT2D eigenvalue weighted by Crippen LogP contribution is 2.23. The van der Waals surface area contributed by atoms with Crippen LogP contribution in [0, 0.1) is 0 Å². The van der Waals surface area contributed by atoms with E-state index in [2.05, 4.69) is 0 Å². The van der Waals surface area contributed by atoms with Crippen molar-refractivity contribution in [3.05, 3.63) is 45.5 Å². The molecule has 1 aromatic carbocycles. The molecule has 0 heterocycles. The molecular formula is C11H8Cl2O3. The summed E-state index contributed by atoms with van der Waals surface area (Å²) in [4.78, 5) is 22.1. The maximum Gasteiger partial charge on any atom is 0.331 e. The molecule has 0 amide bonds. The van der Waals surface area contributed by atoms with Gasteiger partial charge in [0.15, 0.2) is 5.78 Å². The summed E-state index contributed by atoms with van der Waals surface area (Å²) in [5.74, 6) is -1.55. The van der Waals surface area contributed by atoms with Crippen molar-refractivity contribution in [1.82, 2.24) is 0 Å². The Bertz CT molecular complexity index is 478. The second-order valence-corrected chi connectivity index (χ2v) is 3.94. The number of carboxylic acids is 1. The number of allylic oxidation sites excluding steroid dienone is 1. The lowest BCUT2D eigenvalue weighted by Gasteiger charge is -1.99. The van der Waals surface area contributed by atoms with Crippen LogP contribution < -0.4 is 0 Å². The average Bonchev–Trinajstić information content (AvgIpc) is 2.21. The monoisotopic (exact) mass is 258 g/mol. The summed E-state index contributed by atoms with van der Waals surface area (Å²) >= 11 is 11.4. The van der Waals surface area contributed by atoms with E-state index < -0.39 is 11.8 Å². The van der Waals surface area contributed by atoms with Gasteiger partial charge in [0.25, 0.3) is 0 Å². The van der Waals surface area contributed by atoms with E-state index in [0.717, 1.165) is 6.08 Å². The number of aliphatic carboxylic acids is 1. The van der Waals surface area contributed by atoms with Gasteiger partial charge in [-0.25, -0.2) is 4.79 Å². The minimum atomic E-state index is -1.13. The number of halogens is 2. The highest BCUT2D eigenvalue weighted by molar-refractivity contribution is 6.42. The van der Waals surface area contributed by atoms with Crippen molar-refractivity contribution in [2.75, 3.05) is 0 Å². The van der Waals surface area contributed by atoms with Crippen LogP contribution in [0.3, 0.4) is 0 Å². The largest absolute Gasteiger partial charge is 0.478 e. The molecule has 0 aliphatic heterocycles. The molecule has 16 heavy (non-hydrogen) atoms. The Kier molecular flexibility index (Phi) is 4.10. The fourth-order valence-corrected chi connectivity index (χ4v) is 1.29. The zero-order valence-corrected chi connectivity index (χ0v) is 9.84. The predicted octanol–water partition coefficient (Wildman–Crippen LogP) is 3.21. The van der Waals surface area contributed by atoms with Gasteiger partial charge in [0.2, 0.25) is 0 Å². The van der Waals surface area contributed by atoms with Gasteiger partial charge in [-0.15, -0.1) is 0 Å². The lowest BCUT2D eigenvalue weighted by atomic mass is 10.1. The first-order chi connectivity index (χ1) is 7.41. The standard InChI is InChI=1S/C11H8Cl2O3/c1-6(11(15)16)4-10(14)7-2-3-8(12)9(13)5-7/h2-5H,1H3,(H,15,16). The molecule has 0 spiro atoms. The smallest absolute Gasteiger partial charge is 0.331 e. The number of hydrogen-bond acceptors (Lipinski definition) is 2. The van der Waals surface area contributed by atoms with Gasteiger partial charge >= 0.3 is 5.97 Å². The van der Waals surface area contributed by atoms with Gasteiger partial charge in [0.05, 0.1) is 10.0 Å². The van der Waals surface area contributed by atoms with Crippen molar-refractivity contribution in [3.8, 4) is 0 Å². The minimum Gasteiger partial charge on any atom is -0.478 e. The highest BCUT2D eigenvalue weighted by Gasteiger charge is 2.08. The van der Waals surface area contributed by atoms with Crippen LogP contribution in [0.1, 0.15) is 17.3 Å². The van der Waals surface area contributed by atoms with Crippen LogP contribution in [-0.4, -0.2) is 16.9 Å². The van der Waals surface area contributed by atoms with Gasteiger partial charge in [-0.05, 0) is 31.2 Å². The fraction of sp³-hybridized carbons (Fsp3) is 0.0909. The second-order valence-electron chi connectivity index (χ2n) is 3.13. The molecule has 3 nitrogen and oxygen atoms in total. The Labute approximate surface area is 102 Å². The molecule has 0 fully saturated rings. The first-order valence-electron chi connectivity index (χ1n) is 4.33. The summed E-state index contributed by atoms with van der Waals surface area (Å²) in [6.45, 7) is 1.34. The minimum absolute atomic E-state index is 0.0314. The number of rotatable bonds is 3. The first kappa shape index (κ1) is 12.7. The molecule has 0 unspecified atom stereocenters. The molecule has 5 heteroatoms. The molecule has 0 bridgehead atoms. The van der Waals surface area contributed by atoms with Gasteiger partial charge in [0.1, 0.15) is 0 Å². The third-order valence-corrected chi connectivity index (χ3v) is 2.63. The molecular weight excluding hydrogens is 251 g/mol. The Morgan fingerprint density at radius 1 is 1.25 bits per heavy atom. The van der Waals surface area contributed by atoms with E-state index in [1.165, 1.54) is 25.1 Å². The molecule has 0 saturated heterocycles. The van der Waals surface area contributed by atoms with Crippen LogP contribution >= 0.6 is 23.2 Å². The SMILES string of the molecule is CC(=CC(=O)c1ccc(Cl)c(Cl)c1)C(=O)O. The summed E-state index contributed by atoms with van der Waals surface area (Å²) in [5.41, 5.74) is 0.270. The number of carbonyl (C=O) groups is 2. The topological polar surface area (TPSA) is 54.4 Å². The van der Waals surface area contributed by atoms with Crippen LogP contribution in [0.25, 0.3) is 0 Å². The molecule has 1 aromatic rings. The van der Waals surface area contributed by atoms with Crippen LogP contribution in [0.5, 0.6) is 0 Å². The lowest BCUT2D eigenvalue weighted by molar-refractivity contribution is -0.132. The van der Waals surface area contributed by atoms with Gasteiger partial charge < -0.3 is 5.11 Å². The van der Waals surface area contributed by atoms with Crippen LogP contribution in [0.2, 0.25) is 10.0 Å². The maximum absolute atomic E-state index is 11.6.